The zero-order valence-corrected chi connectivity index (χ0v) is 7.32. The molecule has 1 aromatic carbocycles. The van der Waals surface area contributed by atoms with Gasteiger partial charge in [-0.05, 0) is 12.1 Å². The van der Waals surface area contributed by atoms with Crippen LogP contribution in [0.2, 0.25) is 5.02 Å². The summed E-state index contributed by atoms with van der Waals surface area (Å²) in [5, 5.41) is 9.64. The zero-order valence-electron chi connectivity index (χ0n) is 5.75. The Labute approximate surface area is 76.4 Å². The SMILES string of the molecule is Cl.NCc1c(O)cccc1Cl. The first-order chi connectivity index (χ1) is 4.75. The van der Waals surface area contributed by atoms with Crippen molar-refractivity contribution in [3.63, 3.8) is 0 Å². The maximum atomic E-state index is 9.13. The number of hydrogen-bond acceptors (Lipinski definition) is 2. The van der Waals surface area contributed by atoms with E-state index in [-0.39, 0.29) is 24.7 Å². The topological polar surface area (TPSA) is 46.2 Å². The van der Waals surface area contributed by atoms with Gasteiger partial charge in [0, 0.05) is 17.1 Å². The predicted octanol–water partition coefficient (Wildman–Crippen LogP) is 1.93. The Morgan fingerprint density at radius 1 is 1.45 bits per heavy atom. The first-order valence-corrected chi connectivity index (χ1v) is 3.30. The molecule has 0 aliphatic rings. The van der Waals surface area contributed by atoms with Crippen molar-refractivity contribution in [2.24, 2.45) is 5.73 Å². The van der Waals surface area contributed by atoms with Crippen LogP contribution in [0, 0.1) is 0 Å². The predicted molar refractivity (Wildman–Crippen MR) is 48.3 cm³/mol. The molecule has 0 heterocycles. The van der Waals surface area contributed by atoms with E-state index in [0.29, 0.717) is 10.6 Å². The molecule has 0 aliphatic heterocycles. The maximum Gasteiger partial charge on any atom is 0.121 e. The van der Waals surface area contributed by atoms with Crippen LogP contribution in [0.4, 0.5) is 0 Å². The summed E-state index contributed by atoms with van der Waals surface area (Å²) in [6.07, 6.45) is 0. The third-order valence-electron chi connectivity index (χ3n) is 1.30. The van der Waals surface area contributed by atoms with E-state index in [1.54, 1.807) is 18.2 Å². The second-order valence-corrected chi connectivity index (χ2v) is 2.35. The van der Waals surface area contributed by atoms with Crippen LogP contribution >= 0.6 is 24.0 Å². The first-order valence-electron chi connectivity index (χ1n) is 2.92. The van der Waals surface area contributed by atoms with Gasteiger partial charge >= 0.3 is 0 Å². The Hall–Kier alpha value is -0.440. The number of halogens is 2. The highest BCUT2D eigenvalue weighted by molar-refractivity contribution is 6.31. The second-order valence-electron chi connectivity index (χ2n) is 1.94. The number of hydrogen-bond donors (Lipinski definition) is 2. The molecule has 0 aromatic heterocycles. The van der Waals surface area contributed by atoms with E-state index in [2.05, 4.69) is 0 Å². The Morgan fingerprint density at radius 3 is 2.45 bits per heavy atom. The van der Waals surface area contributed by atoms with Gasteiger partial charge in [-0.1, -0.05) is 17.7 Å². The summed E-state index contributed by atoms with van der Waals surface area (Å²) in [4.78, 5) is 0. The molecule has 0 saturated heterocycles. The van der Waals surface area contributed by atoms with E-state index in [1.807, 2.05) is 0 Å². The van der Waals surface area contributed by atoms with Crippen LogP contribution in [0.1, 0.15) is 5.56 Å². The molecule has 11 heavy (non-hydrogen) atoms. The highest BCUT2D eigenvalue weighted by Crippen LogP contribution is 2.23. The van der Waals surface area contributed by atoms with Crippen molar-refractivity contribution >= 4 is 24.0 Å². The number of rotatable bonds is 1. The molecular weight excluding hydrogens is 185 g/mol. The van der Waals surface area contributed by atoms with Gasteiger partial charge in [0.1, 0.15) is 5.75 Å². The van der Waals surface area contributed by atoms with Gasteiger partial charge in [-0.15, -0.1) is 12.4 Å². The van der Waals surface area contributed by atoms with E-state index >= 15 is 0 Å². The van der Waals surface area contributed by atoms with Gasteiger partial charge in [0.05, 0.1) is 0 Å². The number of benzene rings is 1. The molecule has 3 N–H and O–H groups in total. The van der Waals surface area contributed by atoms with E-state index in [4.69, 9.17) is 22.4 Å². The third-order valence-corrected chi connectivity index (χ3v) is 1.65. The van der Waals surface area contributed by atoms with Crippen molar-refractivity contribution in [3.8, 4) is 5.75 Å². The highest BCUT2D eigenvalue weighted by atomic mass is 35.5. The summed E-state index contributed by atoms with van der Waals surface area (Å²) in [5.74, 6) is 0.162. The van der Waals surface area contributed by atoms with E-state index in [0.717, 1.165) is 0 Å². The summed E-state index contributed by atoms with van der Waals surface area (Å²) in [6, 6.07) is 4.94. The summed E-state index contributed by atoms with van der Waals surface area (Å²) in [6.45, 7) is 0.269. The van der Waals surface area contributed by atoms with Crippen molar-refractivity contribution in [1.29, 1.82) is 0 Å². The van der Waals surface area contributed by atoms with Crippen LogP contribution < -0.4 is 5.73 Å². The zero-order chi connectivity index (χ0) is 7.56. The number of nitrogens with two attached hydrogens (primary N) is 1. The molecule has 0 fully saturated rings. The van der Waals surface area contributed by atoms with E-state index < -0.39 is 0 Å². The quantitative estimate of drug-likeness (QED) is 0.717. The Balaban J connectivity index is 0.000001000. The largest absolute Gasteiger partial charge is 0.508 e. The maximum absolute atomic E-state index is 9.13. The summed E-state index contributed by atoms with van der Waals surface area (Å²) in [7, 11) is 0. The van der Waals surface area contributed by atoms with Gasteiger partial charge in [0.15, 0.2) is 0 Å². The minimum Gasteiger partial charge on any atom is -0.508 e. The summed E-state index contributed by atoms with van der Waals surface area (Å²) < 4.78 is 0. The Morgan fingerprint density at radius 2 is 2.09 bits per heavy atom. The van der Waals surface area contributed by atoms with Crippen LogP contribution in [0.15, 0.2) is 18.2 Å². The van der Waals surface area contributed by atoms with Crippen LogP contribution in [0.25, 0.3) is 0 Å². The van der Waals surface area contributed by atoms with Crippen molar-refractivity contribution in [2.75, 3.05) is 0 Å². The molecule has 1 rings (SSSR count). The lowest BCUT2D eigenvalue weighted by molar-refractivity contribution is 0.468. The summed E-state index contributed by atoms with van der Waals surface area (Å²) in [5.41, 5.74) is 5.91. The Kier molecular flexibility index (Phi) is 4.26. The van der Waals surface area contributed by atoms with Crippen LogP contribution in [0.3, 0.4) is 0 Å². The molecule has 4 heteroatoms. The molecule has 0 bridgehead atoms. The molecule has 2 nitrogen and oxygen atoms in total. The van der Waals surface area contributed by atoms with Crippen LogP contribution in [-0.4, -0.2) is 5.11 Å². The van der Waals surface area contributed by atoms with Crippen molar-refractivity contribution in [1.82, 2.24) is 0 Å². The van der Waals surface area contributed by atoms with Gasteiger partial charge < -0.3 is 10.8 Å². The number of aromatic hydroxyl groups is 1. The number of phenols is 1. The molecule has 0 radical (unpaired) electrons. The average Bonchev–Trinajstić information content (AvgIpc) is 1.88. The van der Waals surface area contributed by atoms with Gasteiger partial charge in [-0.3, -0.25) is 0 Å². The first kappa shape index (κ1) is 10.6. The van der Waals surface area contributed by atoms with Gasteiger partial charge in [-0.25, -0.2) is 0 Å². The van der Waals surface area contributed by atoms with Crippen LogP contribution in [0.5, 0.6) is 5.75 Å². The molecule has 0 spiro atoms. The second kappa shape index (κ2) is 4.44. The molecular formula is C7H9Cl2NO. The monoisotopic (exact) mass is 193 g/mol. The fourth-order valence-electron chi connectivity index (χ4n) is 0.749. The average molecular weight is 194 g/mol. The van der Waals surface area contributed by atoms with Gasteiger partial charge in [-0.2, -0.15) is 0 Å². The molecule has 0 saturated carbocycles. The van der Waals surface area contributed by atoms with Crippen molar-refractivity contribution < 1.29 is 5.11 Å². The molecule has 62 valence electrons. The fourth-order valence-corrected chi connectivity index (χ4v) is 0.996. The molecule has 0 unspecified atom stereocenters. The normalized spacial score (nSPS) is 8.91. The van der Waals surface area contributed by atoms with Crippen LogP contribution in [-0.2, 0) is 6.54 Å². The fraction of sp³-hybridized carbons (Fsp3) is 0.143. The minimum absolute atomic E-state index is 0. The highest BCUT2D eigenvalue weighted by Gasteiger charge is 2.01. The van der Waals surface area contributed by atoms with E-state index in [1.165, 1.54) is 0 Å². The Bertz CT molecular complexity index is 220. The lowest BCUT2D eigenvalue weighted by Crippen LogP contribution is -1.96. The lowest BCUT2D eigenvalue weighted by atomic mass is 10.2. The number of phenolic OH excluding ortho intramolecular Hbond substituents is 1. The van der Waals surface area contributed by atoms with Gasteiger partial charge in [0.25, 0.3) is 0 Å². The molecule has 1 aromatic rings. The minimum atomic E-state index is 0. The lowest BCUT2D eigenvalue weighted by Gasteiger charge is -2.01. The smallest absolute Gasteiger partial charge is 0.121 e. The van der Waals surface area contributed by atoms with Crippen molar-refractivity contribution in [2.45, 2.75) is 6.54 Å². The van der Waals surface area contributed by atoms with Crippen molar-refractivity contribution in [3.05, 3.63) is 28.8 Å². The van der Waals surface area contributed by atoms with E-state index in [9.17, 15) is 0 Å². The molecule has 0 amide bonds. The van der Waals surface area contributed by atoms with Gasteiger partial charge in [0.2, 0.25) is 0 Å². The molecule has 0 aliphatic carbocycles. The summed E-state index contributed by atoms with van der Waals surface area (Å²) >= 11 is 5.69. The standard InChI is InChI=1S/C7H8ClNO.ClH/c8-6-2-1-3-7(10)5(6)4-9;/h1-3,10H,4,9H2;1H. The molecule has 0 atom stereocenters. The third kappa shape index (κ3) is 2.26.